The van der Waals surface area contributed by atoms with Gasteiger partial charge in [0.05, 0.1) is 27.8 Å². The van der Waals surface area contributed by atoms with E-state index in [2.05, 4.69) is 43.0 Å². The summed E-state index contributed by atoms with van der Waals surface area (Å²) < 4.78 is 8.00. The first-order valence-corrected chi connectivity index (χ1v) is 11.2. The van der Waals surface area contributed by atoms with E-state index in [1.54, 1.807) is 0 Å². The number of rotatable bonds is 6. The predicted octanol–water partition coefficient (Wildman–Crippen LogP) is 4.43. The summed E-state index contributed by atoms with van der Waals surface area (Å²) in [5, 5.41) is 13.8. The Hall–Kier alpha value is -2.65. The largest absolute Gasteiger partial charge is 0.471 e. The molecular weight excluding hydrogens is 449 g/mol. The van der Waals surface area contributed by atoms with Crippen molar-refractivity contribution in [1.82, 2.24) is 29.9 Å². The van der Waals surface area contributed by atoms with Gasteiger partial charge in [-0.3, -0.25) is 20.5 Å². The normalized spacial score (nSPS) is 17.8. The van der Waals surface area contributed by atoms with Gasteiger partial charge in [-0.15, -0.1) is 0 Å². The van der Waals surface area contributed by atoms with Gasteiger partial charge in [0.1, 0.15) is 11.4 Å². The van der Waals surface area contributed by atoms with E-state index in [0.717, 1.165) is 48.2 Å². The number of halogens is 2. The fraction of sp³-hybridized carbons (Fsp3) is 0.318. The number of nitrogens with zero attached hydrogens (tertiary/aromatic N) is 5. The highest BCUT2D eigenvalue weighted by Gasteiger charge is 2.24. The molecule has 166 valence electrons. The summed E-state index contributed by atoms with van der Waals surface area (Å²) in [7, 11) is 0. The highest BCUT2D eigenvalue weighted by atomic mass is 35.5. The van der Waals surface area contributed by atoms with Crippen molar-refractivity contribution in [1.29, 1.82) is 0 Å². The Morgan fingerprint density at radius 3 is 2.81 bits per heavy atom. The number of benzene rings is 1. The van der Waals surface area contributed by atoms with Crippen LogP contribution in [0.15, 0.2) is 43.0 Å². The number of H-pyrrole nitrogens is 1. The van der Waals surface area contributed by atoms with Crippen LogP contribution < -0.4 is 10.5 Å². The standard InChI is InChI=1S/C22H23Cl2N7O/c1-2-30-6-5-14(12-30)31-11-13(8-27-31)21-16-7-15(3-4-19(16)28-29-21)32-22(25)20-17(23)9-26-10-18(20)24/h3-4,7-11,14,22H,2,5-6,12,25H2,1H3,(H,28,29)/t14?,22-/m0/s1. The second kappa shape index (κ2) is 8.71. The van der Waals surface area contributed by atoms with Gasteiger partial charge in [-0.25, -0.2) is 0 Å². The molecule has 0 amide bonds. The maximum atomic E-state index is 6.23. The van der Waals surface area contributed by atoms with E-state index in [9.17, 15) is 0 Å². The average molecular weight is 472 g/mol. The molecule has 3 aromatic heterocycles. The summed E-state index contributed by atoms with van der Waals surface area (Å²) in [6.07, 6.45) is 7.18. The van der Waals surface area contributed by atoms with Crippen LogP contribution in [0.2, 0.25) is 10.0 Å². The smallest absolute Gasteiger partial charge is 0.177 e. The minimum atomic E-state index is -0.836. The van der Waals surface area contributed by atoms with Gasteiger partial charge in [-0.2, -0.15) is 10.2 Å². The van der Waals surface area contributed by atoms with Gasteiger partial charge in [0.25, 0.3) is 0 Å². The summed E-state index contributed by atoms with van der Waals surface area (Å²) in [6, 6.07) is 6.03. The number of likely N-dealkylation sites (N-methyl/N-ethyl adjacent to an activating group) is 1. The van der Waals surface area contributed by atoms with Gasteiger partial charge in [-0.1, -0.05) is 30.1 Å². The van der Waals surface area contributed by atoms with E-state index in [1.807, 2.05) is 24.4 Å². The third-order valence-electron chi connectivity index (χ3n) is 5.92. The van der Waals surface area contributed by atoms with Gasteiger partial charge in [-0.05, 0) is 31.2 Å². The number of fused-ring (bicyclic) bond motifs is 1. The number of nitrogens with one attached hydrogen (secondary N) is 1. The molecule has 0 aliphatic carbocycles. The number of ether oxygens (including phenoxy) is 1. The molecule has 0 bridgehead atoms. The molecule has 5 rings (SSSR count). The molecule has 3 N–H and O–H groups in total. The monoisotopic (exact) mass is 471 g/mol. The molecule has 1 aliphatic heterocycles. The van der Waals surface area contributed by atoms with Gasteiger partial charge >= 0.3 is 0 Å². The molecule has 1 fully saturated rings. The lowest BCUT2D eigenvalue weighted by molar-refractivity contribution is 0.214. The molecule has 1 saturated heterocycles. The fourth-order valence-electron chi connectivity index (χ4n) is 4.16. The molecule has 1 aromatic carbocycles. The van der Waals surface area contributed by atoms with E-state index >= 15 is 0 Å². The molecule has 0 spiro atoms. The van der Waals surface area contributed by atoms with Crippen LogP contribution >= 0.6 is 23.2 Å². The van der Waals surface area contributed by atoms with Gasteiger partial charge in [0.2, 0.25) is 0 Å². The number of hydrogen-bond donors (Lipinski definition) is 2. The quantitative estimate of drug-likeness (QED) is 0.403. The SMILES string of the molecule is CCN1CCC(n2cc(-c3n[nH]c4ccc(O[C@H](N)c5c(Cl)cncc5Cl)cc34)cn2)C1. The number of likely N-dealkylation sites (tertiary alicyclic amines) is 1. The van der Waals surface area contributed by atoms with Crippen LogP contribution in [0.4, 0.5) is 0 Å². The lowest BCUT2D eigenvalue weighted by atomic mass is 10.1. The van der Waals surface area contributed by atoms with Crippen molar-refractivity contribution >= 4 is 34.1 Å². The molecule has 2 atom stereocenters. The Labute approximate surface area is 195 Å². The molecule has 1 aliphatic rings. The molecule has 8 nitrogen and oxygen atoms in total. The van der Waals surface area contributed by atoms with E-state index in [-0.39, 0.29) is 0 Å². The van der Waals surface area contributed by atoms with Crippen molar-refractivity contribution in [3.8, 4) is 17.0 Å². The molecule has 4 aromatic rings. The van der Waals surface area contributed by atoms with Crippen molar-refractivity contribution in [3.05, 3.63) is 58.6 Å². The number of hydrogen-bond acceptors (Lipinski definition) is 6. The van der Waals surface area contributed by atoms with E-state index in [4.69, 9.17) is 33.7 Å². The second-order valence-corrected chi connectivity index (χ2v) is 8.69. The van der Waals surface area contributed by atoms with Gasteiger partial charge < -0.3 is 9.64 Å². The lowest BCUT2D eigenvalue weighted by Gasteiger charge is -2.17. The van der Waals surface area contributed by atoms with E-state index < -0.39 is 6.23 Å². The van der Waals surface area contributed by atoms with Crippen molar-refractivity contribution in [2.75, 3.05) is 19.6 Å². The van der Waals surface area contributed by atoms with Gasteiger partial charge in [0.15, 0.2) is 6.23 Å². The maximum absolute atomic E-state index is 6.23. The Morgan fingerprint density at radius 1 is 1.25 bits per heavy atom. The first-order valence-electron chi connectivity index (χ1n) is 10.5. The summed E-state index contributed by atoms with van der Waals surface area (Å²) in [4.78, 5) is 6.39. The Kier molecular flexibility index (Phi) is 5.77. The summed E-state index contributed by atoms with van der Waals surface area (Å²) >= 11 is 12.4. The molecule has 10 heteroatoms. The van der Waals surface area contributed by atoms with Crippen LogP contribution in [0.25, 0.3) is 22.2 Å². The number of pyridine rings is 1. The van der Waals surface area contributed by atoms with Gasteiger partial charge in [0, 0.05) is 48.2 Å². The van der Waals surface area contributed by atoms with Crippen LogP contribution in [-0.2, 0) is 0 Å². The predicted molar refractivity (Wildman–Crippen MR) is 125 cm³/mol. The lowest BCUT2D eigenvalue weighted by Crippen LogP contribution is -2.21. The maximum Gasteiger partial charge on any atom is 0.177 e. The number of nitrogens with two attached hydrogens (primary N) is 1. The molecule has 0 radical (unpaired) electrons. The highest BCUT2D eigenvalue weighted by Crippen LogP contribution is 2.33. The molecule has 0 saturated carbocycles. The molecular formula is C22H23Cl2N7O. The number of aromatic amines is 1. The Balaban J connectivity index is 1.41. The van der Waals surface area contributed by atoms with Crippen LogP contribution in [0.1, 0.15) is 31.2 Å². The molecule has 32 heavy (non-hydrogen) atoms. The first kappa shape index (κ1) is 21.2. The van der Waals surface area contributed by atoms with Crippen molar-refractivity contribution < 1.29 is 4.74 Å². The van der Waals surface area contributed by atoms with Crippen LogP contribution in [0.5, 0.6) is 5.75 Å². The van der Waals surface area contributed by atoms with E-state index in [1.165, 1.54) is 12.4 Å². The van der Waals surface area contributed by atoms with Crippen LogP contribution in [0.3, 0.4) is 0 Å². The van der Waals surface area contributed by atoms with Crippen molar-refractivity contribution in [2.45, 2.75) is 25.6 Å². The van der Waals surface area contributed by atoms with Crippen LogP contribution in [-0.4, -0.2) is 49.5 Å². The van der Waals surface area contributed by atoms with E-state index in [0.29, 0.717) is 27.4 Å². The minimum absolute atomic E-state index is 0.357. The first-order chi connectivity index (χ1) is 15.5. The average Bonchev–Trinajstić information content (AvgIpc) is 3.52. The molecule has 1 unspecified atom stereocenters. The number of aromatic nitrogens is 5. The summed E-state index contributed by atoms with van der Waals surface area (Å²) in [5.41, 5.74) is 9.39. The Morgan fingerprint density at radius 2 is 2.06 bits per heavy atom. The Bertz CT molecular complexity index is 1230. The topological polar surface area (TPSA) is 97.9 Å². The van der Waals surface area contributed by atoms with Crippen molar-refractivity contribution in [2.24, 2.45) is 5.73 Å². The fourth-order valence-corrected chi connectivity index (χ4v) is 4.74. The van der Waals surface area contributed by atoms with Crippen LogP contribution in [0, 0.1) is 0 Å². The highest BCUT2D eigenvalue weighted by molar-refractivity contribution is 6.35. The minimum Gasteiger partial charge on any atom is -0.471 e. The second-order valence-electron chi connectivity index (χ2n) is 7.88. The summed E-state index contributed by atoms with van der Waals surface area (Å²) in [5.74, 6) is 0.582. The van der Waals surface area contributed by atoms with Crippen molar-refractivity contribution in [3.63, 3.8) is 0 Å². The zero-order valence-corrected chi connectivity index (χ0v) is 19.0. The third kappa shape index (κ3) is 3.95. The zero-order valence-electron chi connectivity index (χ0n) is 17.5. The third-order valence-corrected chi connectivity index (χ3v) is 6.52. The zero-order chi connectivity index (χ0) is 22.2. The summed E-state index contributed by atoms with van der Waals surface area (Å²) in [6.45, 7) is 5.38. The molecule has 4 heterocycles.